The lowest BCUT2D eigenvalue weighted by atomic mass is 9.50. The van der Waals surface area contributed by atoms with Gasteiger partial charge in [-0.25, -0.2) is 14.6 Å². The van der Waals surface area contributed by atoms with Gasteiger partial charge in [-0.3, -0.25) is 15.4 Å². The number of benzene rings is 1. The summed E-state index contributed by atoms with van der Waals surface area (Å²) in [4.78, 5) is 50.5. The normalized spacial score (nSPS) is 27.9. The molecule has 5 rings (SSSR count). The molecule has 1 aromatic rings. The van der Waals surface area contributed by atoms with Crippen LogP contribution < -0.4 is 31.7 Å². The summed E-state index contributed by atoms with van der Waals surface area (Å²) >= 11 is 0. The highest BCUT2D eigenvalue weighted by Crippen LogP contribution is 2.65. The number of esters is 2. The van der Waals surface area contributed by atoms with E-state index in [4.69, 9.17) is 30.5 Å². The molecule has 1 fully saturated rings. The van der Waals surface area contributed by atoms with Crippen LogP contribution >= 0.6 is 0 Å². The lowest BCUT2D eigenvalue weighted by molar-refractivity contribution is -0.178. The number of nitrogens with one attached hydrogen (secondary N) is 2. The molecule has 246 valence electrons. The van der Waals surface area contributed by atoms with Crippen LogP contribution in [0.25, 0.3) is 0 Å². The maximum atomic E-state index is 13.3. The summed E-state index contributed by atoms with van der Waals surface area (Å²) in [6.07, 6.45) is 2.26. The van der Waals surface area contributed by atoms with Gasteiger partial charge in [0, 0.05) is 25.5 Å². The van der Waals surface area contributed by atoms with Crippen molar-refractivity contribution in [2.45, 2.75) is 101 Å². The van der Waals surface area contributed by atoms with Crippen molar-refractivity contribution in [3.8, 4) is 11.5 Å². The Hall–Kier alpha value is -3.72. The first-order valence-electron chi connectivity index (χ1n) is 15.4. The number of carbonyl (C=O) groups excluding carboxylic acids is 4. The molecule has 0 unspecified atom stereocenters. The fourth-order valence-corrected chi connectivity index (χ4v) is 7.32. The molecule has 7 N–H and O–H groups in total. The number of aliphatic hydroxyl groups is 1. The third-order valence-corrected chi connectivity index (χ3v) is 9.53. The van der Waals surface area contributed by atoms with E-state index in [9.17, 15) is 24.3 Å². The largest absolute Gasteiger partial charge is 0.493 e. The number of nitrogens with two attached hydrogens (primary N) is 2. The van der Waals surface area contributed by atoms with E-state index >= 15 is 0 Å². The summed E-state index contributed by atoms with van der Waals surface area (Å²) in [7, 11) is 1.54. The summed E-state index contributed by atoms with van der Waals surface area (Å²) in [5.41, 5.74) is 5.16. The number of methoxy groups -OCH3 is 1. The van der Waals surface area contributed by atoms with Crippen LogP contribution in [-0.4, -0.2) is 90.0 Å². The third-order valence-electron chi connectivity index (χ3n) is 9.53. The maximum absolute atomic E-state index is 13.3. The summed E-state index contributed by atoms with van der Waals surface area (Å²) in [6, 6.07) is 1.45. The highest BCUT2D eigenvalue weighted by atomic mass is 16.6. The van der Waals surface area contributed by atoms with Gasteiger partial charge in [0.1, 0.15) is 17.8 Å². The van der Waals surface area contributed by atoms with Gasteiger partial charge in [-0.05, 0) is 70.2 Å². The SMILES string of the molecule is COc1ccc2c3c1O[C@H]1C(OC(=O)[C@H](C)OC(=O)[C@H](C)NC(=O)[C@H](CCCCN)NC(C)=O)=CC[C@@]4(O)[C@@H](C2)N(N)CC[C@]314. The second-order valence-electron chi connectivity index (χ2n) is 12.3. The number of amides is 2. The third kappa shape index (κ3) is 5.53. The van der Waals surface area contributed by atoms with Gasteiger partial charge in [-0.1, -0.05) is 6.07 Å². The molecule has 45 heavy (non-hydrogen) atoms. The fraction of sp³-hybridized carbons (Fsp3) is 0.613. The Bertz CT molecular complexity index is 1400. The smallest absolute Gasteiger partial charge is 0.352 e. The molecule has 0 saturated carbocycles. The molecule has 1 saturated heterocycles. The Kier molecular flexibility index (Phi) is 9.13. The lowest BCUT2D eigenvalue weighted by Gasteiger charge is -2.61. The summed E-state index contributed by atoms with van der Waals surface area (Å²) in [6.45, 7) is 5.04. The van der Waals surface area contributed by atoms with Crippen LogP contribution in [0.5, 0.6) is 11.5 Å². The van der Waals surface area contributed by atoms with Gasteiger partial charge in [-0.2, -0.15) is 0 Å². The molecule has 4 aliphatic rings. The molecule has 0 aromatic heterocycles. The molecule has 1 aromatic carbocycles. The first-order valence-corrected chi connectivity index (χ1v) is 15.4. The Morgan fingerprint density at radius 1 is 1.18 bits per heavy atom. The predicted molar refractivity (Wildman–Crippen MR) is 160 cm³/mol. The van der Waals surface area contributed by atoms with Gasteiger partial charge in [-0.15, -0.1) is 0 Å². The van der Waals surface area contributed by atoms with E-state index in [1.807, 2.05) is 12.1 Å². The number of rotatable bonds is 12. The van der Waals surface area contributed by atoms with Crippen molar-refractivity contribution < 1.29 is 43.2 Å². The average Bonchev–Trinajstić information content (AvgIpc) is 3.35. The number of unbranched alkanes of at least 4 members (excludes halogenated alkanes) is 1. The van der Waals surface area contributed by atoms with Crippen LogP contribution in [-0.2, 0) is 40.5 Å². The van der Waals surface area contributed by atoms with E-state index in [0.717, 1.165) is 11.1 Å². The fourth-order valence-electron chi connectivity index (χ4n) is 7.32. The molecule has 2 heterocycles. The summed E-state index contributed by atoms with van der Waals surface area (Å²) < 4.78 is 23.2. The Morgan fingerprint density at radius 3 is 2.62 bits per heavy atom. The highest BCUT2D eigenvalue weighted by Gasteiger charge is 2.72. The number of hydrazine groups is 1. The molecule has 2 bridgehead atoms. The molecular formula is C31H43N5O9. The molecule has 1 spiro atoms. The van der Waals surface area contributed by atoms with Crippen LogP contribution in [0.2, 0.25) is 0 Å². The van der Waals surface area contributed by atoms with Crippen LogP contribution in [0.3, 0.4) is 0 Å². The minimum absolute atomic E-state index is 0.169. The van der Waals surface area contributed by atoms with Crippen molar-refractivity contribution in [1.29, 1.82) is 0 Å². The van der Waals surface area contributed by atoms with Gasteiger partial charge < -0.3 is 40.4 Å². The summed E-state index contributed by atoms with van der Waals surface area (Å²) in [5, 5.41) is 19.0. The van der Waals surface area contributed by atoms with Gasteiger partial charge >= 0.3 is 11.9 Å². The van der Waals surface area contributed by atoms with E-state index in [0.29, 0.717) is 56.7 Å². The topological polar surface area (TPSA) is 205 Å². The van der Waals surface area contributed by atoms with E-state index in [1.165, 1.54) is 20.8 Å². The van der Waals surface area contributed by atoms with Crippen LogP contribution in [0.1, 0.15) is 64.0 Å². The van der Waals surface area contributed by atoms with Crippen molar-refractivity contribution in [2.24, 2.45) is 11.6 Å². The lowest BCUT2D eigenvalue weighted by Crippen LogP contribution is -2.76. The molecule has 0 radical (unpaired) electrons. The van der Waals surface area contributed by atoms with Crippen LogP contribution in [0.4, 0.5) is 0 Å². The molecule has 14 nitrogen and oxygen atoms in total. The maximum Gasteiger partial charge on any atom is 0.352 e. The highest BCUT2D eigenvalue weighted by molar-refractivity contribution is 5.90. The zero-order valence-electron chi connectivity index (χ0n) is 26.1. The number of carbonyl (C=O) groups is 4. The molecule has 2 amide bonds. The van der Waals surface area contributed by atoms with Gasteiger partial charge in [0.05, 0.1) is 24.2 Å². The van der Waals surface area contributed by atoms with E-state index in [2.05, 4.69) is 10.6 Å². The minimum atomic E-state index is -1.33. The van der Waals surface area contributed by atoms with E-state index in [1.54, 1.807) is 18.2 Å². The van der Waals surface area contributed by atoms with Gasteiger partial charge in [0.25, 0.3) is 0 Å². The minimum Gasteiger partial charge on any atom is -0.493 e. The van der Waals surface area contributed by atoms with Crippen molar-refractivity contribution in [3.63, 3.8) is 0 Å². The van der Waals surface area contributed by atoms with Crippen LogP contribution in [0, 0.1) is 0 Å². The monoisotopic (exact) mass is 629 g/mol. The molecule has 14 heteroatoms. The molecule has 7 atom stereocenters. The van der Waals surface area contributed by atoms with Crippen LogP contribution in [0.15, 0.2) is 24.0 Å². The first kappa shape index (κ1) is 32.7. The second kappa shape index (κ2) is 12.6. The molecular weight excluding hydrogens is 586 g/mol. The van der Waals surface area contributed by atoms with Gasteiger partial charge in [0.15, 0.2) is 23.7 Å². The Balaban J connectivity index is 1.28. The number of piperidine rings is 1. The number of hydrogen-bond donors (Lipinski definition) is 5. The Morgan fingerprint density at radius 2 is 1.93 bits per heavy atom. The van der Waals surface area contributed by atoms with Crippen molar-refractivity contribution >= 4 is 23.8 Å². The number of hydrogen-bond acceptors (Lipinski definition) is 12. The van der Waals surface area contributed by atoms with Crippen molar-refractivity contribution in [2.75, 3.05) is 20.2 Å². The van der Waals surface area contributed by atoms with Gasteiger partial charge in [0.2, 0.25) is 11.8 Å². The molecule has 2 aliphatic heterocycles. The average molecular weight is 630 g/mol. The number of ether oxygens (including phenoxy) is 4. The molecule has 2 aliphatic carbocycles. The first-order chi connectivity index (χ1) is 21.4. The predicted octanol–water partition coefficient (Wildman–Crippen LogP) is -0.170. The standard InChI is InChI=1S/C31H43N5O9/c1-16(34-27(38)20(35-18(3)37)7-5-6-13-32)28(39)43-17(2)29(40)44-22-10-11-31(41)23-15-19-8-9-21(42-4)25-24(19)30(31,26(22)45-25)12-14-36(23)33/h8-10,16-17,20,23,26,41H,5-7,11-15,32-33H2,1-4H3,(H,34,38)(H,35,37)/t16-,17-,20-,23+,26-,30-,31+/m0/s1. The quantitative estimate of drug-likeness (QED) is 0.116. The van der Waals surface area contributed by atoms with Crippen molar-refractivity contribution in [1.82, 2.24) is 15.6 Å². The zero-order valence-corrected chi connectivity index (χ0v) is 26.1. The Labute approximate surface area is 261 Å². The second-order valence-corrected chi connectivity index (χ2v) is 12.3. The summed E-state index contributed by atoms with van der Waals surface area (Å²) in [5.74, 6) is 4.97. The van der Waals surface area contributed by atoms with Crippen molar-refractivity contribution in [3.05, 3.63) is 35.1 Å². The number of nitrogens with zero attached hydrogens (tertiary/aromatic N) is 1. The zero-order chi connectivity index (χ0) is 32.7. The van der Waals surface area contributed by atoms with E-state index in [-0.39, 0.29) is 24.1 Å². The van der Waals surface area contributed by atoms with E-state index < -0.39 is 53.2 Å².